The van der Waals surface area contributed by atoms with Gasteiger partial charge in [-0.15, -0.1) is 0 Å². The van der Waals surface area contributed by atoms with E-state index in [0.717, 1.165) is 5.56 Å². The van der Waals surface area contributed by atoms with E-state index < -0.39 is 11.0 Å². The van der Waals surface area contributed by atoms with Crippen molar-refractivity contribution < 1.29 is 9.66 Å². The maximum Gasteiger partial charge on any atom is 0.311 e. The van der Waals surface area contributed by atoms with E-state index in [1.54, 1.807) is 20.0 Å². The summed E-state index contributed by atoms with van der Waals surface area (Å²) in [6, 6.07) is 6.67. The summed E-state index contributed by atoms with van der Waals surface area (Å²) >= 11 is 0. The Morgan fingerprint density at radius 3 is 2.83 bits per heavy atom. The number of hydrogen-bond acceptors (Lipinski definition) is 5. The fourth-order valence-electron chi connectivity index (χ4n) is 1.47. The van der Waals surface area contributed by atoms with Crippen LogP contribution in [-0.4, -0.2) is 18.1 Å². The first-order chi connectivity index (χ1) is 8.62. The van der Waals surface area contributed by atoms with Crippen molar-refractivity contribution >= 4 is 5.69 Å². The van der Waals surface area contributed by atoms with Gasteiger partial charge in [-0.2, -0.15) is 5.26 Å². The number of hydrogen-bond donors (Lipinski definition) is 1. The number of nitriles is 1. The van der Waals surface area contributed by atoms with E-state index in [4.69, 9.17) is 10.00 Å². The molecule has 0 saturated heterocycles. The van der Waals surface area contributed by atoms with Crippen molar-refractivity contribution in [1.82, 2.24) is 5.32 Å². The molecule has 1 rings (SSSR count). The van der Waals surface area contributed by atoms with Crippen LogP contribution in [0.4, 0.5) is 5.69 Å². The lowest BCUT2D eigenvalue weighted by Gasteiger charge is -2.11. The van der Waals surface area contributed by atoms with Gasteiger partial charge in [-0.1, -0.05) is 13.0 Å². The second kappa shape index (κ2) is 6.57. The Morgan fingerprint density at radius 2 is 2.33 bits per heavy atom. The molecule has 1 aromatic carbocycles. The van der Waals surface area contributed by atoms with Gasteiger partial charge in [0.15, 0.2) is 11.9 Å². The van der Waals surface area contributed by atoms with Gasteiger partial charge in [-0.3, -0.25) is 10.1 Å². The smallest absolute Gasteiger partial charge is 0.311 e. The SMILES string of the molecule is CCC(C#N)Oc1ccc(CNC)cc1[N+](=O)[O-]. The molecule has 0 saturated carbocycles. The van der Waals surface area contributed by atoms with Gasteiger partial charge in [0.25, 0.3) is 0 Å². The molecule has 0 aliphatic heterocycles. The van der Waals surface area contributed by atoms with Crippen LogP contribution >= 0.6 is 0 Å². The number of nitro groups is 1. The third kappa shape index (κ3) is 3.43. The molecular weight excluding hydrogens is 234 g/mol. The Hall–Kier alpha value is -2.13. The monoisotopic (exact) mass is 249 g/mol. The summed E-state index contributed by atoms with van der Waals surface area (Å²) in [5, 5.41) is 22.7. The second-order valence-corrected chi connectivity index (χ2v) is 3.73. The number of benzene rings is 1. The van der Waals surface area contributed by atoms with E-state index in [-0.39, 0.29) is 11.4 Å². The molecule has 1 N–H and O–H groups in total. The molecule has 96 valence electrons. The maximum atomic E-state index is 11.0. The first-order valence-electron chi connectivity index (χ1n) is 5.60. The zero-order valence-corrected chi connectivity index (χ0v) is 10.3. The second-order valence-electron chi connectivity index (χ2n) is 3.73. The first-order valence-corrected chi connectivity index (χ1v) is 5.60. The van der Waals surface area contributed by atoms with Crippen LogP contribution in [0.3, 0.4) is 0 Å². The van der Waals surface area contributed by atoms with Gasteiger partial charge in [-0.25, -0.2) is 0 Å². The molecule has 0 amide bonds. The molecule has 1 unspecified atom stereocenters. The number of ether oxygens (including phenoxy) is 1. The van der Waals surface area contributed by atoms with Crippen LogP contribution in [0.15, 0.2) is 18.2 Å². The minimum absolute atomic E-state index is 0.114. The Bertz CT molecular complexity index is 468. The van der Waals surface area contributed by atoms with Gasteiger partial charge in [0.2, 0.25) is 0 Å². The first kappa shape index (κ1) is 13.9. The molecule has 0 bridgehead atoms. The number of rotatable bonds is 6. The highest BCUT2D eigenvalue weighted by Gasteiger charge is 2.18. The van der Waals surface area contributed by atoms with E-state index in [2.05, 4.69) is 5.32 Å². The van der Waals surface area contributed by atoms with Crippen LogP contribution < -0.4 is 10.1 Å². The molecule has 0 spiro atoms. The van der Waals surface area contributed by atoms with Gasteiger partial charge < -0.3 is 10.1 Å². The van der Waals surface area contributed by atoms with Crippen molar-refractivity contribution in [1.29, 1.82) is 5.26 Å². The summed E-state index contributed by atoms with van der Waals surface area (Å²) in [4.78, 5) is 10.5. The Kier molecular flexibility index (Phi) is 5.08. The van der Waals surface area contributed by atoms with Crippen molar-refractivity contribution in [3.05, 3.63) is 33.9 Å². The fraction of sp³-hybridized carbons (Fsp3) is 0.417. The summed E-state index contributed by atoms with van der Waals surface area (Å²) in [6.07, 6.45) is -0.190. The summed E-state index contributed by atoms with van der Waals surface area (Å²) in [6.45, 7) is 2.33. The molecule has 0 aromatic heterocycles. The summed E-state index contributed by atoms with van der Waals surface area (Å²) in [7, 11) is 1.76. The zero-order valence-electron chi connectivity index (χ0n) is 10.3. The number of nitrogens with one attached hydrogen (secondary N) is 1. The van der Waals surface area contributed by atoms with E-state index in [1.165, 1.54) is 12.1 Å². The molecule has 0 aliphatic carbocycles. The molecule has 1 atom stereocenters. The highest BCUT2D eigenvalue weighted by molar-refractivity contribution is 5.49. The molecular formula is C12H15N3O3. The predicted octanol–water partition coefficient (Wildman–Crippen LogP) is 2.00. The summed E-state index contributed by atoms with van der Waals surface area (Å²) in [5.41, 5.74) is 0.679. The van der Waals surface area contributed by atoms with Crippen LogP contribution in [0.25, 0.3) is 0 Å². The number of nitro benzene ring substituents is 1. The van der Waals surface area contributed by atoms with Gasteiger partial charge >= 0.3 is 5.69 Å². The van der Waals surface area contributed by atoms with Gasteiger partial charge in [0.05, 0.1) is 4.92 Å². The standard InChI is InChI=1S/C12H15N3O3/c1-3-10(7-13)18-12-5-4-9(8-14-2)6-11(12)15(16)17/h4-6,10,14H,3,8H2,1-2H3. The lowest BCUT2D eigenvalue weighted by Crippen LogP contribution is -2.13. The van der Waals surface area contributed by atoms with Crippen LogP contribution in [0.5, 0.6) is 5.75 Å². The molecule has 18 heavy (non-hydrogen) atoms. The summed E-state index contributed by atoms with van der Waals surface area (Å²) < 4.78 is 5.32. The predicted molar refractivity (Wildman–Crippen MR) is 66.2 cm³/mol. The van der Waals surface area contributed by atoms with Crippen molar-refractivity contribution in [3.8, 4) is 11.8 Å². The third-order valence-electron chi connectivity index (χ3n) is 2.38. The lowest BCUT2D eigenvalue weighted by atomic mass is 10.2. The normalized spacial score (nSPS) is 11.6. The third-order valence-corrected chi connectivity index (χ3v) is 2.38. The summed E-state index contributed by atoms with van der Waals surface area (Å²) in [5.74, 6) is 0.133. The molecule has 1 aromatic rings. The van der Waals surface area contributed by atoms with E-state index in [0.29, 0.717) is 13.0 Å². The van der Waals surface area contributed by atoms with E-state index in [9.17, 15) is 10.1 Å². The van der Waals surface area contributed by atoms with E-state index in [1.807, 2.05) is 6.07 Å². The van der Waals surface area contributed by atoms with Gasteiger partial charge in [-0.05, 0) is 25.1 Å². The van der Waals surface area contributed by atoms with Crippen LogP contribution in [-0.2, 0) is 6.54 Å². The highest BCUT2D eigenvalue weighted by atomic mass is 16.6. The van der Waals surface area contributed by atoms with Crippen LogP contribution in [0, 0.1) is 21.4 Å². The van der Waals surface area contributed by atoms with Crippen molar-refractivity contribution in [2.24, 2.45) is 0 Å². The minimum Gasteiger partial charge on any atom is -0.468 e. The topological polar surface area (TPSA) is 88.2 Å². The fourth-order valence-corrected chi connectivity index (χ4v) is 1.47. The molecule has 6 heteroatoms. The van der Waals surface area contributed by atoms with Gasteiger partial charge in [0, 0.05) is 12.6 Å². The van der Waals surface area contributed by atoms with Crippen molar-refractivity contribution in [3.63, 3.8) is 0 Å². The highest BCUT2D eigenvalue weighted by Crippen LogP contribution is 2.29. The average molecular weight is 249 g/mol. The Labute approximate surface area is 105 Å². The Morgan fingerprint density at radius 1 is 1.61 bits per heavy atom. The largest absolute Gasteiger partial charge is 0.468 e. The lowest BCUT2D eigenvalue weighted by molar-refractivity contribution is -0.386. The van der Waals surface area contributed by atoms with Crippen molar-refractivity contribution in [2.45, 2.75) is 26.0 Å². The minimum atomic E-state index is -0.668. The number of nitrogens with zero attached hydrogens (tertiary/aromatic N) is 2. The maximum absolute atomic E-state index is 11.0. The molecule has 6 nitrogen and oxygen atoms in total. The molecule has 0 heterocycles. The Balaban J connectivity index is 3.04. The quantitative estimate of drug-likeness (QED) is 0.615. The van der Waals surface area contributed by atoms with Crippen LogP contribution in [0.1, 0.15) is 18.9 Å². The van der Waals surface area contributed by atoms with Gasteiger partial charge in [0.1, 0.15) is 6.07 Å². The van der Waals surface area contributed by atoms with Crippen LogP contribution in [0.2, 0.25) is 0 Å². The van der Waals surface area contributed by atoms with E-state index >= 15 is 0 Å². The van der Waals surface area contributed by atoms with Crippen molar-refractivity contribution in [2.75, 3.05) is 7.05 Å². The zero-order chi connectivity index (χ0) is 13.5. The molecule has 0 radical (unpaired) electrons. The average Bonchev–Trinajstić information content (AvgIpc) is 2.37. The molecule has 0 fully saturated rings. The molecule has 0 aliphatic rings.